The molecule has 104 valence electrons. The Morgan fingerprint density at radius 1 is 1.40 bits per heavy atom. The van der Waals surface area contributed by atoms with E-state index in [1.165, 1.54) is 5.56 Å². The lowest BCUT2D eigenvalue weighted by molar-refractivity contribution is 0.0729. The Hall–Kier alpha value is -1.13. The van der Waals surface area contributed by atoms with Crippen LogP contribution in [0.4, 0.5) is 0 Å². The van der Waals surface area contributed by atoms with Crippen molar-refractivity contribution in [3.8, 4) is 0 Å². The lowest BCUT2D eigenvalue weighted by Crippen LogP contribution is -2.32. The zero-order valence-electron chi connectivity index (χ0n) is 11.3. The largest absolute Gasteiger partial charge is 0.331 e. The highest BCUT2D eigenvalue weighted by atomic mass is 79.9. The van der Waals surface area contributed by atoms with Crippen molar-refractivity contribution < 1.29 is 4.79 Å². The lowest BCUT2D eigenvalue weighted by atomic mass is 10.1. The molecule has 1 aromatic carbocycles. The van der Waals surface area contributed by atoms with E-state index in [9.17, 15) is 4.79 Å². The third-order valence-corrected chi connectivity index (χ3v) is 4.84. The fourth-order valence-electron chi connectivity index (χ4n) is 2.31. The molecule has 4 heteroatoms. The van der Waals surface area contributed by atoms with E-state index in [0.29, 0.717) is 6.04 Å². The number of carbonyl (C=O) groups excluding carboxylic acids is 1. The molecule has 20 heavy (non-hydrogen) atoms. The van der Waals surface area contributed by atoms with E-state index in [2.05, 4.69) is 32.8 Å². The molecule has 0 spiro atoms. The summed E-state index contributed by atoms with van der Waals surface area (Å²) in [6.45, 7) is 2.72. The van der Waals surface area contributed by atoms with Crippen LogP contribution in [0.3, 0.4) is 0 Å². The molecule has 3 rings (SSSR count). The molecule has 2 nitrogen and oxygen atoms in total. The molecule has 1 fully saturated rings. The van der Waals surface area contributed by atoms with Gasteiger partial charge in [-0.1, -0.05) is 22.0 Å². The molecule has 0 radical (unpaired) electrons. The molecule has 1 heterocycles. The van der Waals surface area contributed by atoms with Crippen LogP contribution in [-0.2, 0) is 6.54 Å². The van der Waals surface area contributed by atoms with Crippen LogP contribution < -0.4 is 0 Å². The summed E-state index contributed by atoms with van der Waals surface area (Å²) in [6.07, 6.45) is 2.26. The lowest BCUT2D eigenvalue weighted by Gasteiger charge is -2.23. The fourth-order valence-corrected chi connectivity index (χ4v) is 3.33. The molecule has 1 saturated carbocycles. The molecule has 0 saturated heterocycles. The maximum atomic E-state index is 12.8. The number of rotatable bonds is 4. The van der Waals surface area contributed by atoms with Crippen LogP contribution in [0.1, 0.15) is 34.3 Å². The average Bonchev–Trinajstić information content (AvgIpc) is 3.15. The molecular weight excluding hydrogens is 334 g/mol. The van der Waals surface area contributed by atoms with Crippen molar-refractivity contribution in [2.45, 2.75) is 32.4 Å². The first-order chi connectivity index (χ1) is 9.65. The van der Waals surface area contributed by atoms with Crippen LogP contribution in [0.25, 0.3) is 0 Å². The number of hydrogen-bond donors (Lipinski definition) is 0. The van der Waals surface area contributed by atoms with Gasteiger partial charge in [0.15, 0.2) is 0 Å². The third-order valence-electron chi connectivity index (χ3n) is 3.61. The number of halogens is 1. The molecule has 0 bridgehead atoms. The maximum absolute atomic E-state index is 12.8. The summed E-state index contributed by atoms with van der Waals surface area (Å²) >= 11 is 5.14. The monoisotopic (exact) mass is 349 g/mol. The first kappa shape index (κ1) is 13.8. The van der Waals surface area contributed by atoms with Crippen molar-refractivity contribution >= 4 is 33.2 Å². The minimum atomic E-state index is 0.150. The Labute approximate surface area is 131 Å². The van der Waals surface area contributed by atoms with Gasteiger partial charge in [0.05, 0.1) is 0 Å². The van der Waals surface area contributed by atoms with Crippen LogP contribution in [-0.4, -0.2) is 16.8 Å². The van der Waals surface area contributed by atoms with Crippen LogP contribution in [0, 0.1) is 6.92 Å². The number of benzene rings is 1. The van der Waals surface area contributed by atoms with Gasteiger partial charge in [0, 0.05) is 22.6 Å². The minimum absolute atomic E-state index is 0.150. The van der Waals surface area contributed by atoms with Crippen molar-refractivity contribution in [2.24, 2.45) is 0 Å². The standard InChI is InChI=1S/C16H16BrNOS/c1-11-2-3-13(17)8-15(11)16(19)18(14-4-5-14)9-12-6-7-20-10-12/h2-3,6-8,10,14H,4-5,9H2,1H3. The van der Waals surface area contributed by atoms with Gasteiger partial charge in [0.25, 0.3) is 5.91 Å². The van der Waals surface area contributed by atoms with Gasteiger partial charge in [0.2, 0.25) is 0 Å². The van der Waals surface area contributed by atoms with E-state index in [-0.39, 0.29) is 5.91 Å². The molecule has 2 aromatic rings. The van der Waals surface area contributed by atoms with Crippen molar-refractivity contribution in [1.82, 2.24) is 4.90 Å². The van der Waals surface area contributed by atoms with Crippen molar-refractivity contribution in [3.05, 3.63) is 56.2 Å². The van der Waals surface area contributed by atoms with Crippen molar-refractivity contribution in [3.63, 3.8) is 0 Å². The molecule has 0 aliphatic heterocycles. The molecule has 1 aliphatic carbocycles. The van der Waals surface area contributed by atoms with E-state index in [0.717, 1.165) is 35.0 Å². The second-order valence-corrected chi connectivity index (χ2v) is 6.95. The van der Waals surface area contributed by atoms with Crippen molar-refractivity contribution in [1.29, 1.82) is 0 Å². The Balaban J connectivity index is 1.87. The quantitative estimate of drug-likeness (QED) is 0.788. The van der Waals surface area contributed by atoms with E-state index >= 15 is 0 Å². The number of thiophene rings is 1. The van der Waals surface area contributed by atoms with E-state index in [4.69, 9.17) is 0 Å². The fraction of sp³-hybridized carbons (Fsp3) is 0.312. The second kappa shape index (κ2) is 5.70. The first-order valence-corrected chi connectivity index (χ1v) is 8.47. The van der Waals surface area contributed by atoms with Crippen LogP contribution >= 0.6 is 27.3 Å². The number of carbonyl (C=O) groups is 1. The molecule has 0 N–H and O–H groups in total. The molecular formula is C16H16BrNOS. The normalized spacial score (nSPS) is 14.3. The van der Waals surface area contributed by atoms with Gasteiger partial charge in [-0.15, -0.1) is 0 Å². The number of nitrogens with zero attached hydrogens (tertiary/aromatic N) is 1. The summed E-state index contributed by atoms with van der Waals surface area (Å²) in [4.78, 5) is 14.9. The molecule has 1 amide bonds. The maximum Gasteiger partial charge on any atom is 0.254 e. The van der Waals surface area contributed by atoms with Crippen LogP contribution in [0.5, 0.6) is 0 Å². The second-order valence-electron chi connectivity index (χ2n) is 5.26. The Kier molecular flexibility index (Phi) is 3.94. The smallest absolute Gasteiger partial charge is 0.254 e. The van der Waals surface area contributed by atoms with Gasteiger partial charge < -0.3 is 4.90 Å². The zero-order valence-corrected chi connectivity index (χ0v) is 13.7. The summed E-state index contributed by atoms with van der Waals surface area (Å²) < 4.78 is 0.956. The van der Waals surface area contributed by atoms with Crippen molar-refractivity contribution in [2.75, 3.05) is 0 Å². The zero-order chi connectivity index (χ0) is 14.1. The van der Waals surface area contributed by atoms with Gasteiger partial charge in [-0.05, 0) is 59.9 Å². The van der Waals surface area contributed by atoms with Gasteiger partial charge in [-0.3, -0.25) is 4.79 Å². The topological polar surface area (TPSA) is 20.3 Å². The highest BCUT2D eigenvalue weighted by Gasteiger charge is 2.33. The predicted octanol–water partition coefficient (Wildman–Crippen LogP) is 4.62. The molecule has 0 atom stereocenters. The Morgan fingerprint density at radius 2 is 2.20 bits per heavy atom. The summed E-state index contributed by atoms with van der Waals surface area (Å²) in [5, 5.41) is 4.19. The number of aryl methyl sites for hydroxylation is 1. The SMILES string of the molecule is Cc1ccc(Br)cc1C(=O)N(Cc1ccsc1)C1CC1. The van der Waals surface area contributed by atoms with E-state index in [1.54, 1.807) is 11.3 Å². The van der Waals surface area contributed by atoms with Gasteiger partial charge in [0.1, 0.15) is 0 Å². The summed E-state index contributed by atoms with van der Waals surface area (Å²) in [6, 6.07) is 8.42. The average molecular weight is 350 g/mol. The summed E-state index contributed by atoms with van der Waals surface area (Å²) in [7, 11) is 0. The Bertz CT molecular complexity index is 619. The Morgan fingerprint density at radius 3 is 2.85 bits per heavy atom. The summed E-state index contributed by atoms with van der Waals surface area (Å²) in [5.74, 6) is 0.150. The minimum Gasteiger partial charge on any atom is -0.331 e. The van der Waals surface area contributed by atoms with E-state index < -0.39 is 0 Å². The van der Waals surface area contributed by atoms with Gasteiger partial charge >= 0.3 is 0 Å². The van der Waals surface area contributed by atoms with Gasteiger partial charge in [-0.25, -0.2) is 0 Å². The highest BCUT2D eigenvalue weighted by Crippen LogP contribution is 2.31. The van der Waals surface area contributed by atoms with Crippen LogP contribution in [0.15, 0.2) is 39.5 Å². The van der Waals surface area contributed by atoms with E-state index in [1.807, 2.05) is 30.0 Å². The summed E-state index contributed by atoms with van der Waals surface area (Å²) in [5.41, 5.74) is 3.07. The number of amides is 1. The van der Waals surface area contributed by atoms with Gasteiger partial charge in [-0.2, -0.15) is 11.3 Å². The predicted molar refractivity (Wildman–Crippen MR) is 86.1 cm³/mol. The molecule has 0 unspecified atom stereocenters. The first-order valence-electron chi connectivity index (χ1n) is 6.73. The molecule has 1 aliphatic rings. The third kappa shape index (κ3) is 2.96. The van der Waals surface area contributed by atoms with Crippen LogP contribution in [0.2, 0.25) is 0 Å². The highest BCUT2D eigenvalue weighted by molar-refractivity contribution is 9.10. The molecule has 1 aromatic heterocycles. The number of hydrogen-bond acceptors (Lipinski definition) is 2.